The lowest BCUT2D eigenvalue weighted by Crippen LogP contribution is -2.35. The molecule has 1 fully saturated rings. The average Bonchev–Trinajstić information content (AvgIpc) is 2.61. The van der Waals surface area contributed by atoms with Gasteiger partial charge in [0.15, 0.2) is 0 Å². The van der Waals surface area contributed by atoms with Gasteiger partial charge < -0.3 is 0 Å². The van der Waals surface area contributed by atoms with Gasteiger partial charge in [-0.05, 0) is 11.6 Å². The Morgan fingerprint density at radius 1 is 1.15 bits per heavy atom. The fraction of sp³-hybridized carbons (Fsp3) is 0.250. The van der Waals surface area contributed by atoms with Crippen LogP contribution in [0.25, 0.3) is 0 Å². The molecule has 0 saturated carbocycles. The molecule has 13 heavy (non-hydrogen) atoms. The van der Waals surface area contributed by atoms with Crippen molar-refractivity contribution in [2.45, 2.75) is 12.6 Å². The van der Waals surface area contributed by atoms with E-state index in [1.807, 2.05) is 18.2 Å². The minimum atomic E-state index is 0.221. The second-order valence-electron chi connectivity index (χ2n) is 2.89. The molecule has 0 atom stereocenters. The zero-order valence-electron chi connectivity index (χ0n) is 6.97. The van der Waals surface area contributed by atoms with Crippen molar-refractivity contribution >= 4 is 15.9 Å². The van der Waals surface area contributed by atoms with Gasteiger partial charge in [0.1, 0.15) is 0 Å². The van der Waals surface area contributed by atoms with Gasteiger partial charge in [-0.2, -0.15) is 11.1 Å². The molecule has 0 amide bonds. The summed E-state index contributed by atoms with van der Waals surface area (Å²) in [6.07, 6.45) is 1.14. The van der Waals surface area contributed by atoms with Crippen LogP contribution < -0.4 is 21.9 Å². The second-order valence-corrected chi connectivity index (χ2v) is 3.74. The van der Waals surface area contributed by atoms with Crippen LogP contribution in [0.2, 0.25) is 0 Å². The molecular formula is C8H11BrN4. The molecular weight excluding hydrogens is 232 g/mol. The third-order valence-electron chi connectivity index (χ3n) is 1.94. The summed E-state index contributed by atoms with van der Waals surface area (Å²) >= 11 is 3.51. The van der Waals surface area contributed by atoms with Crippen molar-refractivity contribution in [3.8, 4) is 0 Å². The first-order valence-electron chi connectivity index (χ1n) is 4.11. The highest BCUT2D eigenvalue weighted by Gasteiger charge is 2.13. The Balaban J connectivity index is 2.04. The largest absolute Gasteiger partial charge is 0.224 e. The summed E-state index contributed by atoms with van der Waals surface area (Å²) in [7, 11) is 0. The van der Waals surface area contributed by atoms with E-state index in [-0.39, 0.29) is 6.17 Å². The molecule has 0 radical (unpaired) electrons. The Morgan fingerprint density at radius 3 is 2.54 bits per heavy atom. The van der Waals surface area contributed by atoms with Crippen molar-refractivity contribution < 1.29 is 0 Å². The summed E-state index contributed by atoms with van der Waals surface area (Å²) in [4.78, 5) is 0. The Bertz CT molecular complexity index is 285. The first kappa shape index (κ1) is 9.11. The van der Waals surface area contributed by atoms with Crippen LogP contribution in [0.1, 0.15) is 5.56 Å². The van der Waals surface area contributed by atoms with Crippen LogP contribution in [0.3, 0.4) is 0 Å². The maximum Gasteiger partial charge on any atom is 0.0899 e. The molecule has 4 N–H and O–H groups in total. The van der Waals surface area contributed by atoms with Gasteiger partial charge in [-0.1, -0.05) is 34.1 Å². The predicted molar refractivity (Wildman–Crippen MR) is 54.2 cm³/mol. The molecule has 1 aromatic rings. The topological polar surface area (TPSA) is 48.1 Å². The van der Waals surface area contributed by atoms with E-state index in [4.69, 9.17) is 0 Å². The molecule has 1 heterocycles. The molecule has 0 spiro atoms. The Morgan fingerprint density at radius 2 is 1.85 bits per heavy atom. The second kappa shape index (κ2) is 4.17. The maximum atomic E-state index is 3.51. The number of hydrazine groups is 3. The number of benzene rings is 1. The van der Waals surface area contributed by atoms with Gasteiger partial charge in [-0.3, -0.25) is 0 Å². The van der Waals surface area contributed by atoms with Gasteiger partial charge in [0.2, 0.25) is 0 Å². The monoisotopic (exact) mass is 242 g/mol. The lowest BCUT2D eigenvalue weighted by Gasteiger charge is -2.09. The summed E-state index contributed by atoms with van der Waals surface area (Å²) in [5.41, 5.74) is 12.9. The Kier molecular flexibility index (Phi) is 2.92. The highest BCUT2D eigenvalue weighted by atomic mass is 79.9. The first-order chi connectivity index (χ1) is 6.36. The molecule has 1 aromatic carbocycles. The zero-order valence-corrected chi connectivity index (χ0v) is 8.56. The standard InChI is InChI=1S/C8H11BrN4/c9-7-4-2-1-3-6(7)5-8-10-12-13-11-8/h1-4,8,10-13H,5H2. The normalized spacial score (nSPS) is 17.9. The van der Waals surface area contributed by atoms with E-state index in [0.29, 0.717) is 0 Å². The third-order valence-corrected chi connectivity index (χ3v) is 2.71. The van der Waals surface area contributed by atoms with Crippen molar-refractivity contribution in [1.82, 2.24) is 21.9 Å². The van der Waals surface area contributed by atoms with E-state index in [0.717, 1.165) is 10.9 Å². The van der Waals surface area contributed by atoms with E-state index in [2.05, 4.69) is 43.9 Å². The molecule has 5 heteroatoms. The number of nitrogens with one attached hydrogen (secondary N) is 4. The summed E-state index contributed by atoms with van der Waals surface area (Å²) in [6, 6.07) is 8.20. The van der Waals surface area contributed by atoms with E-state index in [9.17, 15) is 0 Å². The van der Waals surface area contributed by atoms with Crippen LogP contribution in [-0.4, -0.2) is 6.17 Å². The summed E-state index contributed by atoms with van der Waals surface area (Å²) in [5.74, 6) is 0. The Hall–Kier alpha value is -0.460. The van der Waals surface area contributed by atoms with Crippen molar-refractivity contribution in [3.05, 3.63) is 34.3 Å². The first-order valence-corrected chi connectivity index (χ1v) is 4.90. The zero-order chi connectivity index (χ0) is 9.10. The fourth-order valence-corrected chi connectivity index (χ4v) is 1.72. The van der Waals surface area contributed by atoms with Crippen molar-refractivity contribution in [2.75, 3.05) is 0 Å². The van der Waals surface area contributed by atoms with Crippen LogP contribution in [0, 0.1) is 0 Å². The van der Waals surface area contributed by atoms with Gasteiger partial charge in [0.25, 0.3) is 0 Å². The summed E-state index contributed by atoms with van der Waals surface area (Å²) in [5, 5.41) is 0. The van der Waals surface area contributed by atoms with Gasteiger partial charge in [-0.15, -0.1) is 0 Å². The summed E-state index contributed by atoms with van der Waals surface area (Å²) in [6.45, 7) is 0. The molecule has 0 aromatic heterocycles. The predicted octanol–water partition coefficient (Wildman–Crippen LogP) is 0.435. The molecule has 2 rings (SSSR count). The van der Waals surface area contributed by atoms with Crippen molar-refractivity contribution in [1.29, 1.82) is 0 Å². The van der Waals surface area contributed by atoms with E-state index in [1.54, 1.807) is 0 Å². The van der Waals surface area contributed by atoms with Gasteiger partial charge in [0.05, 0.1) is 6.17 Å². The van der Waals surface area contributed by atoms with Crippen LogP contribution in [0.15, 0.2) is 28.7 Å². The molecule has 1 aliphatic heterocycles. The van der Waals surface area contributed by atoms with Gasteiger partial charge in [0, 0.05) is 10.9 Å². The molecule has 0 bridgehead atoms. The van der Waals surface area contributed by atoms with Gasteiger partial charge in [-0.25, -0.2) is 10.9 Å². The van der Waals surface area contributed by atoms with Crippen LogP contribution in [0.4, 0.5) is 0 Å². The molecule has 0 unspecified atom stereocenters. The van der Waals surface area contributed by atoms with Crippen LogP contribution in [-0.2, 0) is 6.42 Å². The van der Waals surface area contributed by atoms with E-state index >= 15 is 0 Å². The SMILES string of the molecule is Brc1ccccc1CC1NNNN1. The van der Waals surface area contributed by atoms with Crippen molar-refractivity contribution in [2.24, 2.45) is 0 Å². The smallest absolute Gasteiger partial charge is 0.0899 e. The van der Waals surface area contributed by atoms with Gasteiger partial charge >= 0.3 is 0 Å². The number of hydrogen-bond acceptors (Lipinski definition) is 4. The molecule has 4 nitrogen and oxygen atoms in total. The van der Waals surface area contributed by atoms with Crippen molar-refractivity contribution in [3.63, 3.8) is 0 Å². The highest BCUT2D eigenvalue weighted by Crippen LogP contribution is 2.16. The molecule has 1 saturated heterocycles. The quantitative estimate of drug-likeness (QED) is 0.608. The number of rotatable bonds is 2. The Labute approximate surface area is 85.1 Å². The lowest BCUT2D eigenvalue weighted by molar-refractivity contribution is 0.521. The maximum absolute atomic E-state index is 3.51. The molecule has 1 aliphatic rings. The minimum Gasteiger partial charge on any atom is -0.224 e. The third kappa shape index (κ3) is 2.26. The highest BCUT2D eigenvalue weighted by molar-refractivity contribution is 9.10. The average molecular weight is 243 g/mol. The molecule has 70 valence electrons. The minimum absolute atomic E-state index is 0.221. The number of halogens is 1. The molecule has 0 aliphatic carbocycles. The van der Waals surface area contributed by atoms with Crippen LogP contribution >= 0.6 is 15.9 Å². The fourth-order valence-electron chi connectivity index (χ4n) is 1.27. The van der Waals surface area contributed by atoms with E-state index in [1.165, 1.54) is 5.56 Å². The lowest BCUT2D eigenvalue weighted by atomic mass is 10.1. The number of hydrogen-bond donors (Lipinski definition) is 4. The summed E-state index contributed by atoms with van der Waals surface area (Å²) < 4.78 is 1.14. The van der Waals surface area contributed by atoms with Crippen LogP contribution in [0.5, 0.6) is 0 Å². The van der Waals surface area contributed by atoms with E-state index < -0.39 is 0 Å².